The van der Waals surface area contributed by atoms with Crippen molar-refractivity contribution in [1.82, 2.24) is 15.2 Å². The molecular weight excluding hydrogens is 497 g/mol. The average molecular weight is 529 g/mol. The summed E-state index contributed by atoms with van der Waals surface area (Å²) in [4.78, 5) is 20.8. The van der Waals surface area contributed by atoms with Gasteiger partial charge in [-0.25, -0.2) is 0 Å². The number of anilines is 1. The highest BCUT2D eigenvalue weighted by molar-refractivity contribution is 5.94. The van der Waals surface area contributed by atoms with Crippen LogP contribution in [0, 0.1) is 0 Å². The summed E-state index contributed by atoms with van der Waals surface area (Å²) in [6.07, 6.45) is -0.936. The average Bonchev–Trinajstić information content (AvgIpc) is 2.92. The van der Waals surface area contributed by atoms with Gasteiger partial charge in [-0.3, -0.25) is 14.7 Å². The molecule has 1 fully saturated rings. The molecule has 0 bridgehead atoms. The van der Waals surface area contributed by atoms with E-state index in [-0.39, 0.29) is 5.56 Å². The van der Waals surface area contributed by atoms with Crippen molar-refractivity contribution in [2.24, 2.45) is 0 Å². The fourth-order valence-electron chi connectivity index (χ4n) is 4.39. The molecule has 4 rings (SSSR count). The minimum absolute atomic E-state index is 0.201. The summed E-state index contributed by atoms with van der Waals surface area (Å²) in [5.41, 5.74) is 4.18. The van der Waals surface area contributed by atoms with Crippen LogP contribution in [0.3, 0.4) is 0 Å². The predicted molar refractivity (Wildman–Crippen MR) is 140 cm³/mol. The lowest BCUT2D eigenvalue weighted by Crippen LogP contribution is -2.46. The molecule has 10 heteroatoms. The maximum Gasteiger partial charge on any atom is 0.405 e. The van der Waals surface area contributed by atoms with E-state index in [0.29, 0.717) is 6.61 Å². The summed E-state index contributed by atoms with van der Waals surface area (Å²) in [6, 6.07) is 14.8. The van der Waals surface area contributed by atoms with E-state index in [1.807, 2.05) is 24.4 Å². The van der Waals surface area contributed by atoms with Crippen LogP contribution >= 0.6 is 0 Å². The van der Waals surface area contributed by atoms with Crippen LogP contribution in [-0.2, 0) is 6.54 Å². The fraction of sp³-hybridized carbons (Fsp3) is 0.357. The number of ether oxygens (including phenoxy) is 2. The van der Waals surface area contributed by atoms with Gasteiger partial charge in [0.15, 0.2) is 0 Å². The lowest BCUT2D eigenvalue weighted by Gasteiger charge is -2.36. The summed E-state index contributed by atoms with van der Waals surface area (Å²) in [5, 5.41) is 1.89. The van der Waals surface area contributed by atoms with Gasteiger partial charge >= 0.3 is 6.18 Å². The lowest BCUT2D eigenvalue weighted by molar-refractivity contribution is -0.123. The number of carbonyl (C=O) groups excluding carboxylic acids is 1. The number of hydrogen-bond donors (Lipinski definition) is 1. The van der Waals surface area contributed by atoms with Gasteiger partial charge in [0.1, 0.15) is 18.0 Å². The number of methoxy groups -OCH3 is 1. The zero-order chi connectivity index (χ0) is 27.1. The third-order valence-corrected chi connectivity index (χ3v) is 6.35. The molecule has 0 saturated carbocycles. The molecule has 0 radical (unpaired) electrons. The Hall–Kier alpha value is -3.79. The number of nitrogens with zero attached hydrogens (tertiary/aromatic N) is 3. The molecule has 2 heterocycles. The SMILES string of the molecule is CCOc1cncc(-c2ccc(CN3CCN(c4ccc(C(=O)NCC(F)(F)F)cc4)CC3)c(OC)c2)c1. The van der Waals surface area contributed by atoms with Crippen molar-refractivity contribution >= 4 is 11.6 Å². The van der Waals surface area contributed by atoms with Crippen molar-refractivity contribution in [2.75, 3.05) is 51.3 Å². The van der Waals surface area contributed by atoms with Crippen LogP contribution in [0.1, 0.15) is 22.8 Å². The molecule has 0 unspecified atom stereocenters. The van der Waals surface area contributed by atoms with Gasteiger partial charge in [-0.15, -0.1) is 0 Å². The van der Waals surface area contributed by atoms with Gasteiger partial charge in [-0.1, -0.05) is 12.1 Å². The van der Waals surface area contributed by atoms with Crippen LogP contribution in [0.4, 0.5) is 18.9 Å². The van der Waals surface area contributed by atoms with Crippen molar-refractivity contribution in [1.29, 1.82) is 0 Å². The Kier molecular flexibility index (Phi) is 8.73. The van der Waals surface area contributed by atoms with Crippen molar-refractivity contribution in [2.45, 2.75) is 19.6 Å². The molecule has 0 atom stereocenters. The third kappa shape index (κ3) is 7.16. The number of aromatic nitrogens is 1. The Morgan fingerprint density at radius 2 is 1.74 bits per heavy atom. The molecule has 1 amide bonds. The Bertz CT molecular complexity index is 1230. The van der Waals surface area contributed by atoms with E-state index in [4.69, 9.17) is 9.47 Å². The first-order valence-corrected chi connectivity index (χ1v) is 12.4. The fourth-order valence-corrected chi connectivity index (χ4v) is 4.39. The van der Waals surface area contributed by atoms with E-state index in [9.17, 15) is 18.0 Å². The standard InChI is InChI=1S/C28H31F3N4O3/c1-3-38-25-14-23(16-32-17-25)21-4-5-22(26(15-21)37-2)18-34-10-12-35(13-11-34)24-8-6-20(7-9-24)27(36)33-19-28(29,30)31/h4-9,14-17H,3,10-13,18-19H2,1-2H3,(H,33,36). The first-order chi connectivity index (χ1) is 18.3. The minimum atomic E-state index is -4.44. The van der Waals surface area contributed by atoms with E-state index < -0.39 is 18.6 Å². The molecule has 0 aliphatic carbocycles. The monoisotopic (exact) mass is 528 g/mol. The Morgan fingerprint density at radius 1 is 1.00 bits per heavy atom. The smallest absolute Gasteiger partial charge is 0.405 e. The lowest BCUT2D eigenvalue weighted by atomic mass is 10.0. The van der Waals surface area contributed by atoms with E-state index in [1.54, 1.807) is 43.8 Å². The zero-order valence-corrected chi connectivity index (χ0v) is 21.4. The van der Waals surface area contributed by atoms with Crippen molar-refractivity contribution < 1.29 is 27.4 Å². The molecule has 1 aromatic heterocycles. The van der Waals surface area contributed by atoms with Crippen LogP contribution < -0.4 is 19.7 Å². The topological polar surface area (TPSA) is 66.9 Å². The number of halogens is 3. The number of piperazine rings is 1. The number of hydrogen-bond acceptors (Lipinski definition) is 6. The van der Waals surface area contributed by atoms with E-state index >= 15 is 0 Å². The van der Waals surface area contributed by atoms with Crippen LogP contribution in [0.2, 0.25) is 0 Å². The van der Waals surface area contributed by atoms with E-state index in [1.165, 1.54) is 0 Å². The Labute approximate surface area is 220 Å². The second-order valence-electron chi connectivity index (χ2n) is 8.98. The molecule has 1 N–H and O–H groups in total. The van der Waals surface area contributed by atoms with Crippen molar-refractivity contribution in [3.05, 3.63) is 72.1 Å². The summed E-state index contributed by atoms with van der Waals surface area (Å²) in [7, 11) is 1.67. The molecule has 0 spiro atoms. The Morgan fingerprint density at radius 3 is 2.39 bits per heavy atom. The van der Waals surface area contributed by atoms with Crippen molar-refractivity contribution in [3.8, 4) is 22.6 Å². The zero-order valence-electron chi connectivity index (χ0n) is 21.4. The number of pyridine rings is 1. The quantitative estimate of drug-likeness (QED) is 0.432. The van der Waals surface area contributed by atoms with Gasteiger partial charge in [0, 0.05) is 61.3 Å². The van der Waals surface area contributed by atoms with Crippen molar-refractivity contribution in [3.63, 3.8) is 0 Å². The highest BCUT2D eigenvalue weighted by Gasteiger charge is 2.28. The number of amides is 1. The summed E-state index contributed by atoms with van der Waals surface area (Å²) in [6.45, 7) is 5.15. The molecule has 7 nitrogen and oxygen atoms in total. The summed E-state index contributed by atoms with van der Waals surface area (Å²) < 4.78 is 48.3. The Balaban J connectivity index is 1.33. The number of alkyl halides is 3. The van der Waals surface area contributed by atoms with Gasteiger partial charge in [-0.2, -0.15) is 13.2 Å². The van der Waals surface area contributed by atoms with E-state index in [0.717, 1.165) is 66.6 Å². The maximum absolute atomic E-state index is 12.3. The molecule has 2 aromatic carbocycles. The predicted octanol–water partition coefficient (Wildman–Crippen LogP) is 4.77. The van der Waals surface area contributed by atoms with Crippen LogP contribution in [0.5, 0.6) is 11.5 Å². The molecular formula is C28H31F3N4O3. The minimum Gasteiger partial charge on any atom is -0.496 e. The molecule has 1 aliphatic heterocycles. The number of benzene rings is 2. The summed E-state index contributed by atoms with van der Waals surface area (Å²) >= 11 is 0. The normalized spacial score (nSPS) is 14.3. The third-order valence-electron chi connectivity index (χ3n) is 6.35. The van der Waals surface area contributed by atoms with Gasteiger partial charge in [0.2, 0.25) is 0 Å². The van der Waals surface area contributed by atoms with Crippen LogP contribution in [-0.4, -0.2) is 68.4 Å². The highest BCUT2D eigenvalue weighted by Crippen LogP contribution is 2.30. The largest absolute Gasteiger partial charge is 0.496 e. The summed E-state index contributed by atoms with van der Waals surface area (Å²) in [5.74, 6) is 0.799. The highest BCUT2D eigenvalue weighted by atomic mass is 19.4. The molecule has 38 heavy (non-hydrogen) atoms. The first kappa shape index (κ1) is 27.3. The number of carbonyl (C=O) groups is 1. The molecule has 202 valence electrons. The number of nitrogens with one attached hydrogen (secondary N) is 1. The van der Waals surface area contributed by atoms with Gasteiger partial charge in [-0.05, 0) is 48.9 Å². The second-order valence-corrected chi connectivity index (χ2v) is 8.98. The van der Waals surface area contributed by atoms with Crippen LogP contribution in [0.15, 0.2) is 60.9 Å². The molecule has 1 saturated heterocycles. The van der Waals surface area contributed by atoms with Crippen LogP contribution in [0.25, 0.3) is 11.1 Å². The maximum atomic E-state index is 12.3. The van der Waals surface area contributed by atoms with Gasteiger partial charge < -0.3 is 19.7 Å². The second kappa shape index (κ2) is 12.2. The van der Waals surface area contributed by atoms with Gasteiger partial charge in [0.25, 0.3) is 5.91 Å². The van der Waals surface area contributed by atoms with Gasteiger partial charge in [0.05, 0.1) is 19.9 Å². The molecule has 3 aromatic rings. The first-order valence-electron chi connectivity index (χ1n) is 12.4. The van der Waals surface area contributed by atoms with E-state index in [2.05, 4.69) is 26.9 Å². The number of rotatable bonds is 9. The molecule has 1 aliphatic rings.